The van der Waals surface area contributed by atoms with Crippen molar-refractivity contribution in [2.24, 2.45) is 5.92 Å². The van der Waals surface area contributed by atoms with Crippen LogP contribution in [0.5, 0.6) is 5.75 Å². The highest BCUT2D eigenvalue weighted by molar-refractivity contribution is 6.30. The van der Waals surface area contributed by atoms with E-state index in [4.69, 9.17) is 16.3 Å². The highest BCUT2D eigenvalue weighted by atomic mass is 35.5. The molecule has 8 heteroatoms. The number of carbonyl (C=O) groups is 1. The number of aryl methyl sites for hydroxylation is 1. The Morgan fingerprint density at radius 2 is 1.97 bits per heavy atom. The number of nitrogens with zero attached hydrogens (tertiary/aromatic N) is 1. The molecule has 1 saturated heterocycles. The first-order valence-electron chi connectivity index (χ1n) is 9.18. The van der Waals surface area contributed by atoms with Crippen molar-refractivity contribution < 1.29 is 22.7 Å². The zero-order valence-electron chi connectivity index (χ0n) is 16.1. The fourth-order valence-electron chi connectivity index (χ4n) is 3.31. The lowest BCUT2D eigenvalue weighted by atomic mass is 9.97. The van der Waals surface area contributed by atoms with Gasteiger partial charge in [0.1, 0.15) is 12.4 Å². The first-order valence-corrected chi connectivity index (χ1v) is 9.56. The number of halogens is 4. The van der Waals surface area contributed by atoms with Gasteiger partial charge in [-0.05, 0) is 53.9 Å². The van der Waals surface area contributed by atoms with Crippen LogP contribution >= 0.6 is 11.6 Å². The van der Waals surface area contributed by atoms with E-state index in [1.807, 2.05) is 19.1 Å². The Morgan fingerprint density at radius 1 is 1.24 bits per heavy atom. The number of alkyl halides is 3. The normalized spacial score (nSPS) is 15.1. The zero-order chi connectivity index (χ0) is 21.2. The SMILES string of the molecule is CNC(=O)C1CN(Cc2ccc(OCc3cc(Cl)cc(C(F)(F)F)c3)cc2C)C1. The number of ether oxygens (including phenoxy) is 1. The Kier molecular flexibility index (Phi) is 6.39. The van der Waals surface area contributed by atoms with E-state index in [0.29, 0.717) is 11.3 Å². The maximum Gasteiger partial charge on any atom is 0.416 e. The van der Waals surface area contributed by atoms with Gasteiger partial charge in [-0.1, -0.05) is 17.7 Å². The number of benzene rings is 2. The van der Waals surface area contributed by atoms with Crippen LogP contribution in [0.3, 0.4) is 0 Å². The first kappa shape index (κ1) is 21.5. The molecule has 0 spiro atoms. The predicted molar refractivity (Wildman–Crippen MR) is 105 cm³/mol. The molecule has 4 nitrogen and oxygen atoms in total. The van der Waals surface area contributed by atoms with Crippen LogP contribution in [0.25, 0.3) is 0 Å². The quantitative estimate of drug-likeness (QED) is 0.743. The van der Waals surface area contributed by atoms with Gasteiger partial charge in [0.15, 0.2) is 0 Å². The molecular weight excluding hydrogens is 405 g/mol. The molecule has 0 atom stereocenters. The van der Waals surface area contributed by atoms with Crippen molar-refractivity contribution in [3.05, 3.63) is 63.7 Å². The van der Waals surface area contributed by atoms with Crippen LogP contribution in [-0.2, 0) is 24.1 Å². The van der Waals surface area contributed by atoms with Crippen molar-refractivity contribution in [3.8, 4) is 5.75 Å². The Morgan fingerprint density at radius 3 is 2.59 bits per heavy atom. The Balaban J connectivity index is 1.59. The standard InChI is InChI=1S/C21H22ClF3N2O2/c1-13-5-19(4-3-15(13)9-27-10-16(11-27)20(28)26-2)29-12-14-6-17(21(23,24)25)8-18(22)7-14/h3-8,16H,9-12H2,1-2H3,(H,26,28). The Labute approximate surface area is 172 Å². The second-order valence-corrected chi connectivity index (χ2v) is 7.66. The third-order valence-electron chi connectivity index (χ3n) is 4.97. The van der Waals surface area contributed by atoms with Crippen molar-refractivity contribution in [1.29, 1.82) is 0 Å². The second-order valence-electron chi connectivity index (χ2n) is 7.23. The van der Waals surface area contributed by atoms with E-state index < -0.39 is 11.7 Å². The lowest BCUT2D eigenvalue weighted by molar-refractivity contribution is -0.137. The first-order chi connectivity index (χ1) is 13.7. The third kappa shape index (κ3) is 5.42. The molecule has 1 N–H and O–H groups in total. The third-order valence-corrected chi connectivity index (χ3v) is 5.19. The monoisotopic (exact) mass is 426 g/mol. The van der Waals surface area contributed by atoms with E-state index in [9.17, 15) is 18.0 Å². The van der Waals surface area contributed by atoms with Crippen LogP contribution in [0.15, 0.2) is 36.4 Å². The van der Waals surface area contributed by atoms with Crippen molar-refractivity contribution >= 4 is 17.5 Å². The summed E-state index contributed by atoms with van der Waals surface area (Å²) < 4.78 is 44.4. The van der Waals surface area contributed by atoms with E-state index in [1.165, 1.54) is 6.07 Å². The largest absolute Gasteiger partial charge is 0.489 e. The molecule has 1 aliphatic heterocycles. The van der Waals surface area contributed by atoms with E-state index >= 15 is 0 Å². The van der Waals surface area contributed by atoms with Crippen molar-refractivity contribution in [2.75, 3.05) is 20.1 Å². The fourth-order valence-corrected chi connectivity index (χ4v) is 3.57. The molecule has 2 aromatic rings. The summed E-state index contributed by atoms with van der Waals surface area (Å²) in [6.07, 6.45) is -4.45. The van der Waals surface area contributed by atoms with Gasteiger partial charge >= 0.3 is 6.18 Å². The molecule has 0 aromatic heterocycles. The number of carbonyl (C=O) groups excluding carboxylic acids is 1. The fraction of sp³-hybridized carbons (Fsp3) is 0.381. The lowest BCUT2D eigenvalue weighted by Gasteiger charge is -2.38. The van der Waals surface area contributed by atoms with Crippen LogP contribution in [-0.4, -0.2) is 30.9 Å². The molecule has 1 aliphatic rings. The van der Waals surface area contributed by atoms with Gasteiger partial charge in [0.2, 0.25) is 5.91 Å². The minimum Gasteiger partial charge on any atom is -0.489 e. The molecule has 1 heterocycles. The molecule has 3 rings (SSSR count). The summed E-state index contributed by atoms with van der Waals surface area (Å²) >= 11 is 5.81. The van der Waals surface area contributed by atoms with Gasteiger partial charge in [-0.2, -0.15) is 13.2 Å². The number of rotatable bonds is 6. The molecule has 29 heavy (non-hydrogen) atoms. The van der Waals surface area contributed by atoms with Crippen LogP contribution < -0.4 is 10.1 Å². The van der Waals surface area contributed by atoms with Gasteiger partial charge in [-0.3, -0.25) is 9.69 Å². The van der Waals surface area contributed by atoms with Crippen LogP contribution in [0.1, 0.15) is 22.3 Å². The topological polar surface area (TPSA) is 41.6 Å². The van der Waals surface area contributed by atoms with Gasteiger partial charge in [-0.25, -0.2) is 0 Å². The average molecular weight is 427 g/mol. The lowest BCUT2D eigenvalue weighted by Crippen LogP contribution is -2.52. The maximum atomic E-state index is 12.9. The summed E-state index contributed by atoms with van der Waals surface area (Å²) in [4.78, 5) is 13.8. The van der Waals surface area contributed by atoms with Gasteiger partial charge in [0.25, 0.3) is 0 Å². The second kappa shape index (κ2) is 8.63. The van der Waals surface area contributed by atoms with Crippen molar-refractivity contribution in [2.45, 2.75) is 26.3 Å². The number of nitrogens with one attached hydrogen (secondary N) is 1. The van der Waals surface area contributed by atoms with Gasteiger partial charge < -0.3 is 10.1 Å². The Hall–Kier alpha value is -2.25. The van der Waals surface area contributed by atoms with E-state index in [0.717, 1.165) is 42.9 Å². The summed E-state index contributed by atoms with van der Waals surface area (Å²) in [6, 6.07) is 9.00. The molecule has 1 fully saturated rings. The smallest absolute Gasteiger partial charge is 0.416 e. The summed E-state index contributed by atoms with van der Waals surface area (Å²) in [5.41, 5.74) is 1.70. The van der Waals surface area contributed by atoms with Crippen LogP contribution in [0.2, 0.25) is 5.02 Å². The van der Waals surface area contributed by atoms with Gasteiger partial charge in [0.05, 0.1) is 11.5 Å². The summed E-state index contributed by atoms with van der Waals surface area (Å²) in [7, 11) is 1.64. The Bertz CT molecular complexity index is 896. The molecule has 0 unspecified atom stereocenters. The van der Waals surface area contributed by atoms with Crippen molar-refractivity contribution in [1.82, 2.24) is 10.2 Å². The minimum atomic E-state index is -4.45. The highest BCUT2D eigenvalue weighted by Gasteiger charge is 2.32. The van der Waals surface area contributed by atoms with E-state index in [-0.39, 0.29) is 23.5 Å². The molecule has 0 bridgehead atoms. The molecule has 0 radical (unpaired) electrons. The molecule has 1 amide bonds. The summed E-state index contributed by atoms with van der Waals surface area (Å²) in [6.45, 7) is 4.14. The zero-order valence-corrected chi connectivity index (χ0v) is 16.9. The number of hydrogen-bond donors (Lipinski definition) is 1. The van der Waals surface area contributed by atoms with Crippen molar-refractivity contribution in [3.63, 3.8) is 0 Å². The minimum absolute atomic E-state index is 0.0115. The number of hydrogen-bond acceptors (Lipinski definition) is 3. The molecule has 2 aromatic carbocycles. The summed E-state index contributed by atoms with van der Waals surface area (Å²) in [5, 5.41) is 2.68. The van der Waals surface area contributed by atoms with Gasteiger partial charge in [-0.15, -0.1) is 0 Å². The summed E-state index contributed by atoms with van der Waals surface area (Å²) in [5.74, 6) is 0.685. The molecular formula is C21H22ClF3N2O2. The van der Waals surface area contributed by atoms with Gasteiger partial charge in [0, 0.05) is 31.7 Å². The molecule has 156 valence electrons. The van der Waals surface area contributed by atoms with Crippen LogP contribution in [0, 0.1) is 12.8 Å². The average Bonchev–Trinajstić information content (AvgIpc) is 2.62. The maximum absolute atomic E-state index is 12.9. The van der Waals surface area contributed by atoms with Crippen LogP contribution in [0.4, 0.5) is 13.2 Å². The van der Waals surface area contributed by atoms with E-state index in [2.05, 4.69) is 10.2 Å². The highest BCUT2D eigenvalue weighted by Crippen LogP contribution is 2.32. The van der Waals surface area contributed by atoms with E-state index in [1.54, 1.807) is 13.1 Å². The molecule has 0 saturated carbocycles. The molecule has 0 aliphatic carbocycles. The number of amides is 1. The number of likely N-dealkylation sites (tertiary alicyclic amines) is 1. The predicted octanol–water partition coefficient (Wildman–Crippen LogP) is 4.42.